The van der Waals surface area contributed by atoms with E-state index in [1.54, 1.807) is 7.11 Å². The van der Waals surface area contributed by atoms with Crippen molar-refractivity contribution in [3.63, 3.8) is 0 Å². The number of hydrogen-bond acceptors (Lipinski definition) is 9. The minimum absolute atomic E-state index is 0.726. The molecule has 0 aliphatic rings. The molecule has 0 fully saturated rings. The Hall–Kier alpha value is -3.58. The number of thiophene rings is 1. The molecule has 3 rings (SSSR count). The number of carboxylic acid groups (broad SMARTS) is 3. The second kappa shape index (κ2) is 14.5. The van der Waals surface area contributed by atoms with Crippen molar-refractivity contribution in [2.75, 3.05) is 34.3 Å². The number of nitrogens with zero attached hydrogens (tertiary/aromatic N) is 3. The summed E-state index contributed by atoms with van der Waals surface area (Å²) in [5.41, 5.74) is 0.602. The first kappa shape index (κ1) is 31.6. The van der Waals surface area contributed by atoms with E-state index in [9.17, 15) is 14.4 Å². The summed E-state index contributed by atoms with van der Waals surface area (Å²) >= 11 is 1.81. The van der Waals surface area contributed by atoms with E-state index >= 15 is 0 Å². The lowest BCUT2D eigenvalue weighted by Crippen LogP contribution is -2.42. The first-order valence-corrected chi connectivity index (χ1v) is 12.9. The van der Waals surface area contributed by atoms with E-state index in [1.807, 2.05) is 11.3 Å². The molecule has 39 heavy (non-hydrogen) atoms. The Bertz CT molecular complexity index is 1250. The number of benzene rings is 1. The number of aryl methyl sites for hydroxylation is 1. The number of fused-ring (bicyclic) bond motifs is 1. The lowest BCUT2D eigenvalue weighted by atomic mass is 9.96. The highest BCUT2D eigenvalue weighted by molar-refractivity contribution is 7.09. The van der Waals surface area contributed by atoms with Gasteiger partial charge in [-0.2, -0.15) is 0 Å². The van der Waals surface area contributed by atoms with Crippen molar-refractivity contribution >= 4 is 40.1 Å². The molecule has 4 N–H and O–H groups in total. The van der Waals surface area contributed by atoms with Crippen LogP contribution in [0.5, 0.6) is 5.88 Å². The van der Waals surface area contributed by atoms with E-state index in [-0.39, 0.29) is 0 Å². The van der Waals surface area contributed by atoms with Crippen molar-refractivity contribution in [1.29, 1.82) is 0 Å². The maximum atomic E-state index is 10.3. The van der Waals surface area contributed by atoms with E-state index in [0.29, 0.717) is 0 Å². The summed E-state index contributed by atoms with van der Waals surface area (Å²) in [6.07, 6.45) is -2.29. The van der Waals surface area contributed by atoms with Crippen molar-refractivity contribution in [3.05, 3.63) is 57.8 Å². The fourth-order valence-electron chi connectivity index (χ4n) is 3.73. The topological polar surface area (TPSA) is 161 Å². The number of methoxy groups -OCH3 is 1. The molecule has 2 heterocycles. The molecule has 0 radical (unpaired) electrons. The lowest BCUT2D eigenvalue weighted by Gasteiger charge is -2.24. The van der Waals surface area contributed by atoms with E-state index < -0.39 is 36.4 Å². The van der Waals surface area contributed by atoms with Gasteiger partial charge in [0, 0.05) is 42.0 Å². The third kappa shape index (κ3) is 10.2. The largest absolute Gasteiger partial charge is 0.481 e. The zero-order chi connectivity index (χ0) is 29.2. The number of hydrogen-bond donors (Lipinski definition) is 4. The molecule has 212 valence electrons. The van der Waals surface area contributed by atoms with Crippen LogP contribution in [0.25, 0.3) is 10.9 Å². The maximum absolute atomic E-state index is 10.3. The first-order chi connectivity index (χ1) is 18.3. The van der Waals surface area contributed by atoms with Gasteiger partial charge in [0.1, 0.15) is 0 Å². The Labute approximate surface area is 230 Å². The van der Waals surface area contributed by atoms with E-state index in [1.165, 1.54) is 10.4 Å². The highest BCUT2D eigenvalue weighted by Crippen LogP contribution is 2.25. The van der Waals surface area contributed by atoms with Crippen LogP contribution in [0, 0.1) is 6.92 Å². The van der Waals surface area contributed by atoms with Gasteiger partial charge in [-0.25, -0.2) is 9.78 Å². The van der Waals surface area contributed by atoms with E-state index in [0.717, 1.165) is 48.5 Å². The van der Waals surface area contributed by atoms with Crippen LogP contribution in [-0.4, -0.2) is 93.0 Å². The van der Waals surface area contributed by atoms with Crippen LogP contribution >= 0.6 is 11.3 Å². The first-order valence-electron chi connectivity index (χ1n) is 12.1. The summed E-state index contributed by atoms with van der Waals surface area (Å²) < 4.78 is 5.61. The molecular formula is C27H35N3O8S. The fraction of sp³-hybridized carbons (Fsp3) is 0.407. The minimum Gasteiger partial charge on any atom is -0.481 e. The van der Waals surface area contributed by atoms with Crippen LogP contribution < -0.4 is 4.74 Å². The van der Waals surface area contributed by atoms with Crippen LogP contribution in [0.2, 0.25) is 0 Å². The van der Waals surface area contributed by atoms with Crippen LogP contribution in [-0.2, 0) is 27.5 Å². The zero-order valence-corrected chi connectivity index (χ0v) is 23.3. The molecule has 1 aromatic carbocycles. The summed E-state index contributed by atoms with van der Waals surface area (Å²) in [7, 11) is 5.94. The van der Waals surface area contributed by atoms with Gasteiger partial charge in [0.25, 0.3) is 0 Å². The van der Waals surface area contributed by atoms with Gasteiger partial charge in [-0.05, 0) is 50.2 Å². The van der Waals surface area contributed by atoms with Gasteiger partial charge in [-0.3, -0.25) is 14.5 Å². The average molecular weight is 562 g/mol. The Morgan fingerprint density at radius 3 is 2.18 bits per heavy atom. The smallest absolute Gasteiger partial charge is 0.336 e. The van der Waals surface area contributed by atoms with Crippen molar-refractivity contribution in [2.24, 2.45) is 0 Å². The molecule has 0 unspecified atom stereocenters. The number of aromatic nitrogens is 1. The zero-order valence-electron chi connectivity index (χ0n) is 22.5. The molecule has 3 aromatic rings. The maximum Gasteiger partial charge on any atom is 0.336 e. The molecule has 0 aliphatic carbocycles. The van der Waals surface area contributed by atoms with Crippen LogP contribution in [0.1, 0.15) is 28.8 Å². The molecule has 2 aromatic heterocycles. The van der Waals surface area contributed by atoms with Gasteiger partial charge in [-0.15, -0.1) is 11.3 Å². The molecular weight excluding hydrogens is 526 g/mol. The molecule has 0 amide bonds. The highest BCUT2D eigenvalue weighted by Gasteiger charge is 2.40. The average Bonchev–Trinajstić information content (AvgIpc) is 3.34. The molecule has 0 saturated carbocycles. The highest BCUT2D eigenvalue weighted by atomic mass is 32.1. The van der Waals surface area contributed by atoms with E-state index in [4.69, 9.17) is 30.1 Å². The predicted octanol–water partition coefficient (Wildman–Crippen LogP) is 2.93. The van der Waals surface area contributed by atoms with Gasteiger partial charge < -0.3 is 30.1 Å². The van der Waals surface area contributed by atoms with Gasteiger partial charge in [0.05, 0.1) is 25.5 Å². The van der Waals surface area contributed by atoms with Gasteiger partial charge in [0.15, 0.2) is 5.60 Å². The number of carbonyl (C=O) groups is 3. The van der Waals surface area contributed by atoms with Gasteiger partial charge in [-0.1, -0.05) is 18.2 Å². The quantitative estimate of drug-likeness (QED) is 0.243. The lowest BCUT2D eigenvalue weighted by molar-refractivity contribution is -0.170. The standard InChI is InChI=1S/C21H27N3OS.C6H8O7/c1-16-7-8-17-13-18(21(25-4)22-20(17)12-16)14-24(10-9-23(2)3)15-19-6-5-11-26-19;7-3(8)1-6(13,5(11)12)2-4(9)10/h5-8,11-13H,9-10,14-15H2,1-4H3;13H,1-2H2,(H,7,8)(H,9,10)(H,11,12). The van der Waals surface area contributed by atoms with Crippen molar-refractivity contribution in [3.8, 4) is 5.88 Å². The monoisotopic (exact) mass is 561 g/mol. The Kier molecular flexibility index (Phi) is 11.8. The Morgan fingerprint density at radius 2 is 1.67 bits per heavy atom. The van der Waals surface area contributed by atoms with Gasteiger partial charge in [0.2, 0.25) is 5.88 Å². The number of likely N-dealkylation sites (N-methyl/N-ethyl adjacent to an activating group) is 1. The minimum atomic E-state index is -2.74. The molecule has 0 spiro atoms. The Morgan fingerprint density at radius 1 is 1.00 bits per heavy atom. The van der Waals surface area contributed by atoms with Crippen LogP contribution in [0.3, 0.4) is 0 Å². The van der Waals surface area contributed by atoms with E-state index in [2.05, 4.69) is 72.6 Å². The van der Waals surface area contributed by atoms with Gasteiger partial charge >= 0.3 is 17.9 Å². The number of rotatable bonds is 13. The molecule has 12 heteroatoms. The van der Waals surface area contributed by atoms with Crippen LogP contribution in [0.4, 0.5) is 0 Å². The summed E-state index contributed by atoms with van der Waals surface area (Å²) in [5, 5.41) is 37.1. The molecule has 0 atom stereocenters. The molecule has 0 bridgehead atoms. The third-order valence-corrected chi connectivity index (χ3v) is 6.57. The molecule has 0 saturated heterocycles. The summed E-state index contributed by atoms with van der Waals surface area (Å²) in [6.45, 7) is 5.88. The molecule has 11 nitrogen and oxygen atoms in total. The van der Waals surface area contributed by atoms with Crippen molar-refractivity contribution < 1.29 is 39.5 Å². The summed E-state index contributed by atoms with van der Waals surface area (Å²) in [6, 6.07) is 12.9. The van der Waals surface area contributed by atoms with Crippen LogP contribution in [0.15, 0.2) is 41.8 Å². The summed E-state index contributed by atoms with van der Waals surface area (Å²) in [4.78, 5) is 41.3. The third-order valence-electron chi connectivity index (χ3n) is 5.71. The summed E-state index contributed by atoms with van der Waals surface area (Å²) in [5.74, 6) is -4.29. The number of aliphatic hydroxyl groups is 1. The second-order valence-electron chi connectivity index (χ2n) is 9.42. The SMILES string of the molecule is COc1nc2cc(C)ccc2cc1CN(CCN(C)C)Cc1cccs1.O=C(O)CC(O)(CC(=O)O)C(=O)O. The predicted molar refractivity (Wildman–Crippen MR) is 147 cm³/mol. The van der Waals surface area contributed by atoms with Crippen molar-refractivity contribution in [1.82, 2.24) is 14.8 Å². The Balaban J connectivity index is 0.000000349. The molecule has 0 aliphatic heterocycles. The number of carboxylic acids is 3. The van der Waals surface area contributed by atoms with Crippen molar-refractivity contribution in [2.45, 2.75) is 38.5 Å². The normalized spacial score (nSPS) is 11.4. The number of ether oxygens (including phenoxy) is 1. The fourth-order valence-corrected chi connectivity index (χ4v) is 4.47. The number of aliphatic carboxylic acids is 3. The number of pyridine rings is 1. The second-order valence-corrected chi connectivity index (χ2v) is 10.5.